The van der Waals surface area contributed by atoms with Crippen LogP contribution in [0.1, 0.15) is 27.1 Å². The number of para-hydroxylation sites is 1. The van der Waals surface area contributed by atoms with Crippen LogP contribution in [-0.2, 0) is 6.42 Å². The summed E-state index contributed by atoms with van der Waals surface area (Å²) in [5.74, 6) is 0. The zero-order valence-corrected chi connectivity index (χ0v) is 13.1. The lowest BCUT2D eigenvalue weighted by molar-refractivity contribution is -0.385. The first-order valence-electron chi connectivity index (χ1n) is 6.42. The molecule has 2 rings (SSSR count). The van der Waals surface area contributed by atoms with Gasteiger partial charge in [-0.3, -0.25) is 10.1 Å². The van der Waals surface area contributed by atoms with Crippen LogP contribution in [0.15, 0.2) is 42.5 Å². The van der Waals surface area contributed by atoms with E-state index in [9.17, 15) is 10.1 Å². The highest BCUT2D eigenvalue weighted by molar-refractivity contribution is 9.09. The lowest BCUT2D eigenvalue weighted by Crippen LogP contribution is -2.00. The number of hydrogen-bond donors (Lipinski definition) is 0. The molecule has 0 saturated carbocycles. The zero-order valence-electron chi connectivity index (χ0n) is 11.5. The molecule has 0 aliphatic rings. The maximum absolute atomic E-state index is 11.0. The highest BCUT2D eigenvalue weighted by Gasteiger charge is 2.17. The van der Waals surface area contributed by atoms with Gasteiger partial charge in [0, 0.05) is 16.5 Å². The molecule has 0 aromatic heterocycles. The first kappa shape index (κ1) is 14.7. The van der Waals surface area contributed by atoms with Crippen LogP contribution in [0.5, 0.6) is 0 Å². The fourth-order valence-corrected chi connectivity index (χ4v) is 2.98. The summed E-state index contributed by atoms with van der Waals surface area (Å²) in [5.41, 5.74) is 4.49. The molecular formula is C16H16BrNO2. The second kappa shape index (κ2) is 6.18. The number of hydrogen-bond acceptors (Lipinski definition) is 2. The van der Waals surface area contributed by atoms with Crippen molar-refractivity contribution in [2.45, 2.75) is 25.1 Å². The van der Waals surface area contributed by atoms with Gasteiger partial charge in [-0.05, 0) is 25.8 Å². The van der Waals surface area contributed by atoms with Crippen molar-refractivity contribution >= 4 is 21.6 Å². The molecule has 0 heterocycles. The number of rotatable bonds is 4. The lowest BCUT2D eigenvalue weighted by atomic mass is 10.00. The average Bonchev–Trinajstić information content (AvgIpc) is 2.37. The summed E-state index contributed by atoms with van der Waals surface area (Å²) in [7, 11) is 0. The summed E-state index contributed by atoms with van der Waals surface area (Å²) >= 11 is 3.65. The van der Waals surface area contributed by atoms with E-state index in [1.54, 1.807) is 12.1 Å². The molecule has 1 unspecified atom stereocenters. The first-order valence-corrected chi connectivity index (χ1v) is 7.33. The van der Waals surface area contributed by atoms with Crippen molar-refractivity contribution in [2.75, 3.05) is 0 Å². The molecule has 0 radical (unpaired) electrons. The first-order chi connectivity index (χ1) is 9.47. The average molecular weight is 334 g/mol. The van der Waals surface area contributed by atoms with Gasteiger partial charge in [-0.25, -0.2) is 0 Å². The Morgan fingerprint density at radius 3 is 2.35 bits per heavy atom. The summed E-state index contributed by atoms with van der Waals surface area (Å²) in [6.07, 6.45) is 0.597. The predicted octanol–water partition coefficient (Wildman–Crippen LogP) is 4.89. The van der Waals surface area contributed by atoms with E-state index < -0.39 is 0 Å². The van der Waals surface area contributed by atoms with Crippen LogP contribution in [0, 0.1) is 24.0 Å². The van der Waals surface area contributed by atoms with Crippen molar-refractivity contribution in [3.8, 4) is 0 Å². The molecule has 104 valence electrons. The van der Waals surface area contributed by atoms with Gasteiger partial charge in [-0.15, -0.1) is 0 Å². The normalized spacial score (nSPS) is 12.2. The maximum Gasteiger partial charge on any atom is 0.272 e. The minimum absolute atomic E-state index is 0.0715. The van der Waals surface area contributed by atoms with Crippen molar-refractivity contribution in [2.24, 2.45) is 0 Å². The smallest absolute Gasteiger partial charge is 0.258 e. The number of benzene rings is 2. The third-order valence-electron chi connectivity index (χ3n) is 3.19. The van der Waals surface area contributed by atoms with Crippen LogP contribution in [0.3, 0.4) is 0 Å². The fraction of sp³-hybridized carbons (Fsp3) is 0.250. The Bertz CT molecular complexity index is 620. The molecule has 3 nitrogen and oxygen atoms in total. The lowest BCUT2D eigenvalue weighted by Gasteiger charge is -2.12. The quantitative estimate of drug-likeness (QED) is 0.454. The largest absolute Gasteiger partial charge is 0.272 e. The molecular weight excluding hydrogens is 318 g/mol. The van der Waals surface area contributed by atoms with E-state index in [0.717, 1.165) is 11.1 Å². The Morgan fingerprint density at radius 2 is 1.75 bits per heavy atom. The molecule has 2 aromatic rings. The van der Waals surface area contributed by atoms with Crippen molar-refractivity contribution in [3.05, 3.63) is 74.8 Å². The van der Waals surface area contributed by atoms with Crippen molar-refractivity contribution in [1.29, 1.82) is 0 Å². The standard InChI is InChI=1S/C16H16BrNO2/c1-11-7-12(2)9-14(8-11)15(17)10-13-5-3-4-6-16(13)18(19)20/h3-9,15H,10H2,1-2H3. The predicted molar refractivity (Wildman–Crippen MR) is 84.4 cm³/mol. The van der Waals surface area contributed by atoms with E-state index in [4.69, 9.17) is 0 Å². The minimum atomic E-state index is -0.323. The Balaban J connectivity index is 2.28. The Kier molecular flexibility index (Phi) is 4.55. The summed E-state index contributed by atoms with van der Waals surface area (Å²) in [6.45, 7) is 4.11. The molecule has 4 heteroatoms. The van der Waals surface area contributed by atoms with E-state index >= 15 is 0 Å². The molecule has 20 heavy (non-hydrogen) atoms. The zero-order chi connectivity index (χ0) is 14.7. The van der Waals surface area contributed by atoms with Crippen molar-refractivity contribution < 1.29 is 4.92 Å². The number of nitro groups is 1. The molecule has 0 spiro atoms. The van der Waals surface area contributed by atoms with Gasteiger partial charge < -0.3 is 0 Å². The highest BCUT2D eigenvalue weighted by atomic mass is 79.9. The molecule has 0 saturated heterocycles. The van der Waals surface area contributed by atoms with E-state index in [2.05, 4.69) is 48.0 Å². The summed E-state index contributed by atoms with van der Waals surface area (Å²) in [6, 6.07) is 13.2. The molecule has 1 atom stereocenters. The van der Waals surface area contributed by atoms with Gasteiger partial charge in [-0.2, -0.15) is 0 Å². The second-order valence-corrected chi connectivity index (χ2v) is 6.08. The fourth-order valence-electron chi connectivity index (χ4n) is 2.36. The van der Waals surface area contributed by atoms with Gasteiger partial charge in [0.2, 0.25) is 0 Å². The molecule has 0 amide bonds. The molecule has 0 N–H and O–H groups in total. The SMILES string of the molecule is Cc1cc(C)cc(C(Br)Cc2ccccc2[N+](=O)[O-])c1. The topological polar surface area (TPSA) is 43.1 Å². The van der Waals surface area contributed by atoms with E-state index in [1.807, 2.05) is 12.1 Å². The number of halogens is 1. The summed E-state index contributed by atoms with van der Waals surface area (Å²) < 4.78 is 0. The number of alkyl halides is 1. The number of nitrogens with zero attached hydrogens (tertiary/aromatic N) is 1. The van der Waals surface area contributed by atoms with Crippen molar-refractivity contribution in [1.82, 2.24) is 0 Å². The minimum Gasteiger partial charge on any atom is -0.258 e. The summed E-state index contributed by atoms with van der Waals surface area (Å²) in [4.78, 5) is 10.8. The van der Waals surface area contributed by atoms with Gasteiger partial charge in [0.05, 0.1) is 4.92 Å². The Labute approximate surface area is 126 Å². The van der Waals surface area contributed by atoms with Gasteiger partial charge in [0.25, 0.3) is 5.69 Å². The summed E-state index contributed by atoms with van der Waals surface area (Å²) in [5, 5.41) is 11.0. The molecule has 2 aromatic carbocycles. The van der Waals surface area contributed by atoms with Gasteiger partial charge >= 0.3 is 0 Å². The monoisotopic (exact) mass is 333 g/mol. The van der Waals surface area contributed by atoms with Crippen LogP contribution < -0.4 is 0 Å². The van der Waals surface area contributed by atoms with Gasteiger partial charge in [-0.1, -0.05) is 63.5 Å². The molecule has 0 aliphatic carbocycles. The van der Waals surface area contributed by atoms with E-state index in [0.29, 0.717) is 6.42 Å². The van der Waals surface area contributed by atoms with Crippen LogP contribution >= 0.6 is 15.9 Å². The van der Waals surface area contributed by atoms with E-state index in [1.165, 1.54) is 11.1 Å². The van der Waals surface area contributed by atoms with Gasteiger partial charge in [0.15, 0.2) is 0 Å². The van der Waals surface area contributed by atoms with Crippen LogP contribution in [0.4, 0.5) is 5.69 Å². The van der Waals surface area contributed by atoms with E-state index in [-0.39, 0.29) is 15.4 Å². The number of nitro benzene ring substituents is 1. The second-order valence-electron chi connectivity index (χ2n) is 4.98. The maximum atomic E-state index is 11.0. The van der Waals surface area contributed by atoms with Crippen LogP contribution in [-0.4, -0.2) is 4.92 Å². The Morgan fingerprint density at radius 1 is 1.15 bits per heavy atom. The third-order valence-corrected chi connectivity index (χ3v) is 4.05. The van der Waals surface area contributed by atoms with Crippen molar-refractivity contribution in [3.63, 3.8) is 0 Å². The molecule has 0 aliphatic heterocycles. The highest BCUT2D eigenvalue weighted by Crippen LogP contribution is 2.31. The molecule has 0 fully saturated rings. The van der Waals surface area contributed by atoms with Crippen LogP contribution in [0.25, 0.3) is 0 Å². The van der Waals surface area contributed by atoms with Crippen LogP contribution in [0.2, 0.25) is 0 Å². The molecule has 0 bridgehead atoms. The van der Waals surface area contributed by atoms with Gasteiger partial charge in [0.1, 0.15) is 0 Å². The third kappa shape index (κ3) is 3.45. The number of aryl methyl sites for hydroxylation is 2. The Hall–Kier alpha value is -1.68.